The van der Waals surface area contributed by atoms with Crippen molar-refractivity contribution < 1.29 is 4.79 Å². The van der Waals surface area contributed by atoms with Gasteiger partial charge in [-0.1, -0.05) is 42.3 Å². The zero-order valence-corrected chi connectivity index (χ0v) is 18.1. The summed E-state index contributed by atoms with van der Waals surface area (Å²) in [6, 6.07) is 14.8. The second kappa shape index (κ2) is 9.91. The molecule has 1 aliphatic carbocycles. The lowest BCUT2D eigenvalue weighted by Crippen LogP contribution is -2.33. The first-order valence-electron chi connectivity index (χ1n) is 11.3. The molecule has 1 saturated heterocycles. The third-order valence-corrected chi connectivity index (χ3v) is 6.98. The van der Waals surface area contributed by atoms with Crippen LogP contribution in [0.2, 0.25) is 5.02 Å². The van der Waals surface area contributed by atoms with Gasteiger partial charge in [0, 0.05) is 17.0 Å². The van der Waals surface area contributed by atoms with E-state index in [4.69, 9.17) is 11.6 Å². The molecule has 0 spiro atoms. The molecule has 3 heteroatoms. The Hall–Kier alpha value is -1.64. The summed E-state index contributed by atoms with van der Waals surface area (Å²) in [6.45, 7) is 3.28. The monoisotopic (exact) mass is 409 g/mol. The average Bonchev–Trinajstić information content (AvgIpc) is 2.99. The highest BCUT2D eigenvalue weighted by Gasteiger charge is 2.20. The molecule has 29 heavy (non-hydrogen) atoms. The van der Waals surface area contributed by atoms with Crippen LogP contribution < -0.4 is 0 Å². The minimum atomic E-state index is 0.313. The van der Waals surface area contributed by atoms with Crippen LogP contribution in [0, 0.1) is 0 Å². The Balaban J connectivity index is 1.22. The Morgan fingerprint density at radius 2 is 1.66 bits per heavy atom. The molecule has 0 N–H and O–H groups in total. The van der Waals surface area contributed by atoms with E-state index in [9.17, 15) is 4.79 Å². The molecule has 2 nitrogen and oxygen atoms in total. The smallest absolute Gasteiger partial charge is 0.162 e. The summed E-state index contributed by atoms with van der Waals surface area (Å²) in [6.07, 6.45) is 10.2. The van der Waals surface area contributed by atoms with Gasteiger partial charge in [0.1, 0.15) is 0 Å². The minimum absolute atomic E-state index is 0.313. The number of aryl methyl sites for hydroxylation is 2. The van der Waals surface area contributed by atoms with Crippen molar-refractivity contribution in [3.63, 3.8) is 0 Å². The number of likely N-dealkylation sites (tertiary alicyclic amines) is 1. The Morgan fingerprint density at radius 3 is 2.41 bits per heavy atom. The summed E-state index contributed by atoms with van der Waals surface area (Å²) in [5.74, 6) is 0.956. The molecule has 0 radical (unpaired) electrons. The third kappa shape index (κ3) is 5.49. The first-order valence-corrected chi connectivity index (χ1v) is 11.7. The van der Waals surface area contributed by atoms with E-state index in [2.05, 4.69) is 35.2 Å². The quantitative estimate of drug-likeness (QED) is 0.403. The van der Waals surface area contributed by atoms with E-state index < -0.39 is 0 Å². The number of hydrogen-bond acceptors (Lipinski definition) is 2. The lowest BCUT2D eigenvalue weighted by molar-refractivity contribution is 0.0972. The van der Waals surface area contributed by atoms with Gasteiger partial charge in [-0.25, -0.2) is 0 Å². The number of Topliss-reactive ketones (excluding diaryl/α,β-unsaturated/α-hetero) is 1. The number of carbonyl (C=O) groups is 1. The van der Waals surface area contributed by atoms with E-state index >= 15 is 0 Å². The molecule has 1 aliphatic heterocycles. The van der Waals surface area contributed by atoms with Crippen molar-refractivity contribution in [2.24, 2.45) is 0 Å². The Morgan fingerprint density at radius 1 is 0.931 bits per heavy atom. The van der Waals surface area contributed by atoms with Crippen LogP contribution >= 0.6 is 11.6 Å². The van der Waals surface area contributed by atoms with Crippen molar-refractivity contribution in [3.05, 3.63) is 69.7 Å². The first kappa shape index (κ1) is 20.6. The molecule has 1 fully saturated rings. The van der Waals surface area contributed by atoms with E-state index in [1.165, 1.54) is 55.2 Å². The average molecular weight is 410 g/mol. The predicted octanol–water partition coefficient (Wildman–Crippen LogP) is 6.45. The van der Waals surface area contributed by atoms with Gasteiger partial charge in [0.15, 0.2) is 5.78 Å². The normalized spacial score (nSPS) is 18.2. The summed E-state index contributed by atoms with van der Waals surface area (Å²) in [4.78, 5) is 15.2. The molecule has 1 heterocycles. The van der Waals surface area contributed by atoms with E-state index in [0.29, 0.717) is 18.1 Å². The maximum absolute atomic E-state index is 12.7. The van der Waals surface area contributed by atoms with Crippen LogP contribution in [0.5, 0.6) is 0 Å². The van der Waals surface area contributed by atoms with Gasteiger partial charge in [0.05, 0.1) is 0 Å². The van der Waals surface area contributed by atoms with E-state index in [1.807, 2.05) is 12.1 Å². The Kier molecular flexibility index (Phi) is 7.05. The molecule has 0 atom stereocenters. The molecule has 0 saturated carbocycles. The highest BCUT2D eigenvalue weighted by atomic mass is 35.5. The largest absolute Gasteiger partial charge is 0.303 e. The summed E-state index contributed by atoms with van der Waals surface area (Å²) < 4.78 is 0. The van der Waals surface area contributed by atoms with Gasteiger partial charge in [0.25, 0.3) is 0 Å². The molecule has 0 bridgehead atoms. The van der Waals surface area contributed by atoms with Crippen molar-refractivity contribution in [1.82, 2.24) is 4.90 Å². The highest BCUT2D eigenvalue weighted by Crippen LogP contribution is 2.29. The fourth-order valence-corrected chi connectivity index (χ4v) is 5.04. The Labute approximate surface area is 180 Å². The molecule has 2 aliphatic rings. The summed E-state index contributed by atoms with van der Waals surface area (Å²) in [5.41, 5.74) is 5.21. The maximum Gasteiger partial charge on any atom is 0.162 e. The van der Waals surface area contributed by atoms with Crippen molar-refractivity contribution >= 4 is 17.4 Å². The zero-order valence-electron chi connectivity index (χ0n) is 17.3. The minimum Gasteiger partial charge on any atom is -0.303 e. The number of rotatable bonds is 6. The van der Waals surface area contributed by atoms with Gasteiger partial charge in [-0.2, -0.15) is 0 Å². The molecule has 2 aromatic carbocycles. The lowest BCUT2D eigenvalue weighted by atomic mass is 9.89. The third-order valence-electron chi connectivity index (χ3n) is 6.73. The zero-order chi connectivity index (χ0) is 20.1. The van der Waals surface area contributed by atoms with Crippen molar-refractivity contribution in [1.29, 1.82) is 0 Å². The van der Waals surface area contributed by atoms with Gasteiger partial charge in [0.2, 0.25) is 0 Å². The lowest BCUT2D eigenvalue weighted by Gasteiger charge is -2.32. The number of halogens is 1. The molecule has 4 rings (SSSR count). The molecule has 2 aromatic rings. The Bertz CT molecular complexity index is 821. The second-order valence-corrected chi connectivity index (χ2v) is 9.17. The van der Waals surface area contributed by atoms with Gasteiger partial charge < -0.3 is 4.90 Å². The van der Waals surface area contributed by atoms with Gasteiger partial charge in [-0.15, -0.1) is 0 Å². The molecule has 0 amide bonds. The standard InChI is InChI=1S/C26H32ClNO/c27-25-12-10-21(11-13-25)22-14-17-28(18-15-22)16-4-7-26(29)24-9-8-20-5-2-1-3-6-23(20)19-24/h8-13,19,22H,1-7,14-18H2. The van der Waals surface area contributed by atoms with Crippen molar-refractivity contribution in [2.45, 2.75) is 63.7 Å². The van der Waals surface area contributed by atoms with Crippen molar-refractivity contribution in [3.8, 4) is 0 Å². The first-order chi connectivity index (χ1) is 14.2. The number of ketones is 1. The number of piperidine rings is 1. The number of carbonyl (C=O) groups excluding carboxylic acids is 1. The summed E-state index contributed by atoms with van der Waals surface area (Å²) in [7, 11) is 0. The van der Waals surface area contributed by atoms with Crippen LogP contribution in [0.4, 0.5) is 0 Å². The number of hydrogen-bond donors (Lipinski definition) is 0. The summed E-state index contributed by atoms with van der Waals surface area (Å²) in [5, 5.41) is 0.810. The van der Waals surface area contributed by atoms with E-state index in [0.717, 1.165) is 43.1 Å². The van der Waals surface area contributed by atoms with Crippen LogP contribution in [0.3, 0.4) is 0 Å². The SMILES string of the molecule is O=C(CCCN1CCC(c2ccc(Cl)cc2)CC1)c1ccc2c(c1)CCCCC2. The fraction of sp³-hybridized carbons (Fsp3) is 0.500. The maximum atomic E-state index is 12.7. The molecule has 0 aromatic heterocycles. The predicted molar refractivity (Wildman–Crippen MR) is 121 cm³/mol. The van der Waals surface area contributed by atoms with Crippen LogP contribution in [0.25, 0.3) is 0 Å². The van der Waals surface area contributed by atoms with Gasteiger partial charge >= 0.3 is 0 Å². The van der Waals surface area contributed by atoms with Gasteiger partial charge in [-0.05, 0) is 105 Å². The number of benzene rings is 2. The highest BCUT2D eigenvalue weighted by molar-refractivity contribution is 6.30. The molecule has 154 valence electrons. The molecular weight excluding hydrogens is 378 g/mol. The van der Waals surface area contributed by atoms with Crippen LogP contribution in [0.1, 0.15) is 77.9 Å². The van der Waals surface area contributed by atoms with E-state index in [1.54, 1.807) is 0 Å². The van der Waals surface area contributed by atoms with Crippen molar-refractivity contribution in [2.75, 3.05) is 19.6 Å². The molecular formula is C26H32ClNO. The van der Waals surface area contributed by atoms with Crippen LogP contribution in [-0.4, -0.2) is 30.3 Å². The van der Waals surface area contributed by atoms with Gasteiger partial charge in [-0.3, -0.25) is 4.79 Å². The molecule has 0 unspecified atom stereocenters. The topological polar surface area (TPSA) is 20.3 Å². The number of fused-ring (bicyclic) bond motifs is 1. The summed E-state index contributed by atoms with van der Waals surface area (Å²) >= 11 is 6.01. The second-order valence-electron chi connectivity index (χ2n) is 8.74. The van der Waals surface area contributed by atoms with E-state index in [-0.39, 0.29) is 0 Å². The number of nitrogens with zero attached hydrogens (tertiary/aromatic N) is 1. The van der Waals surface area contributed by atoms with Crippen LogP contribution in [0.15, 0.2) is 42.5 Å². The van der Waals surface area contributed by atoms with Crippen LogP contribution in [-0.2, 0) is 12.8 Å². The fourth-order valence-electron chi connectivity index (χ4n) is 4.92.